The summed E-state index contributed by atoms with van der Waals surface area (Å²) in [7, 11) is -3.67. The lowest BCUT2D eigenvalue weighted by Crippen LogP contribution is -2.11. The molecule has 0 saturated heterocycles. The summed E-state index contributed by atoms with van der Waals surface area (Å²) in [5.74, 6) is 0. The van der Waals surface area contributed by atoms with Crippen LogP contribution in [0.3, 0.4) is 0 Å². The van der Waals surface area contributed by atoms with Gasteiger partial charge in [-0.05, 0) is 0 Å². The van der Waals surface area contributed by atoms with E-state index in [1.807, 2.05) is 0 Å². The highest BCUT2D eigenvalue weighted by atomic mass is 35.5. The number of allylic oxidation sites excluding steroid dienone is 1. The third-order valence-electron chi connectivity index (χ3n) is 1.27. The van der Waals surface area contributed by atoms with Crippen LogP contribution in [0, 0.1) is 0 Å². The molecule has 0 unspecified atom stereocenters. The second-order valence-electron chi connectivity index (χ2n) is 2.44. The fourth-order valence-electron chi connectivity index (χ4n) is 0.754. The summed E-state index contributed by atoms with van der Waals surface area (Å²) in [6.45, 7) is 3.71. The van der Waals surface area contributed by atoms with E-state index in [9.17, 15) is 8.42 Å². The van der Waals surface area contributed by atoms with Crippen LogP contribution in [0.2, 0.25) is 0 Å². The van der Waals surface area contributed by atoms with E-state index < -0.39 is 10.0 Å². The van der Waals surface area contributed by atoms with Crippen LogP contribution < -0.4 is 5.14 Å². The summed E-state index contributed by atoms with van der Waals surface area (Å²) < 4.78 is 22.9. The topological polar surface area (TPSA) is 78.0 Å². The standard InChI is InChI=1S/C6H8ClN3O2S/c1-5(7)3-10-4-6(2-9-10)13(8,11)12/h2,4H,1,3H2,(H2,8,11,12). The highest BCUT2D eigenvalue weighted by molar-refractivity contribution is 7.89. The number of sulfonamides is 1. The molecule has 1 heterocycles. The Morgan fingerprint density at radius 1 is 1.77 bits per heavy atom. The number of halogens is 1. The predicted molar refractivity (Wildman–Crippen MR) is 48.6 cm³/mol. The molecule has 7 heteroatoms. The van der Waals surface area contributed by atoms with E-state index in [0.29, 0.717) is 5.03 Å². The van der Waals surface area contributed by atoms with Crippen molar-refractivity contribution in [2.24, 2.45) is 5.14 Å². The molecule has 0 aliphatic carbocycles. The zero-order valence-corrected chi connectivity index (χ0v) is 8.22. The maximum Gasteiger partial charge on any atom is 0.241 e. The molecule has 0 bridgehead atoms. The van der Waals surface area contributed by atoms with Crippen LogP contribution in [0.5, 0.6) is 0 Å². The fourth-order valence-corrected chi connectivity index (χ4v) is 1.34. The first-order valence-corrected chi connectivity index (χ1v) is 5.20. The highest BCUT2D eigenvalue weighted by Crippen LogP contribution is 2.06. The third-order valence-corrected chi connectivity index (χ3v) is 2.26. The fraction of sp³-hybridized carbons (Fsp3) is 0.167. The first-order chi connectivity index (χ1) is 5.89. The van der Waals surface area contributed by atoms with Gasteiger partial charge in [0, 0.05) is 11.2 Å². The monoisotopic (exact) mass is 221 g/mol. The van der Waals surface area contributed by atoms with E-state index >= 15 is 0 Å². The third kappa shape index (κ3) is 2.83. The molecule has 72 valence electrons. The Labute approximate surface area is 80.8 Å². The number of nitrogens with two attached hydrogens (primary N) is 1. The Morgan fingerprint density at radius 3 is 2.77 bits per heavy atom. The number of hydrogen-bond donors (Lipinski definition) is 1. The Bertz CT molecular complexity index is 423. The minimum atomic E-state index is -3.67. The van der Waals surface area contributed by atoms with E-state index in [-0.39, 0.29) is 11.4 Å². The lowest BCUT2D eigenvalue weighted by Gasteiger charge is -1.96. The molecular formula is C6H8ClN3O2S. The van der Waals surface area contributed by atoms with Gasteiger partial charge in [0.05, 0.1) is 12.7 Å². The SMILES string of the molecule is C=C(Cl)Cn1cc(S(N)(=O)=O)cn1. The number of primary sulfonamides is 1. The van der Waals surface area contributed by atoms with Crippen LogP contribution in [0.15, 0.2) is 28.9 Å². The van der Waals surface area contributed by atoms with Crippen molar-refractivity contribution < 1.29 is 8.42 Å². The predicted octanol–water partition coefficient (Wildman–Crippen LogP) is 0.283. The highest BCUT2D eigenvalue weighted by Gasteiger charge is 2.10. The smallest absolute Gasteiger partial charge is 0.241 e. The number of aromatic nitrogens is 2. The van der Waals surface area contributed by atoms with E-state index in [4.69, 9.17) is 16.7 Å². The Morgan fingerprint density at radius 2 is 2.38 bits per heavy atom. The second-order valence-corrected chi connectivity index (χ2v) is 4.53. The lowest BCUT2D eigenvalue weighted by atomic mass is 10.6. The zero-order valence-electron chi connectivity index (χ0n) is 6.64. The van der Waals surface area contributed by atoms with Crippen LogP contribution in [-0.4, -0.2) is 18.2 Å². The molecule has 0 aliphatic rings. The molecule has 0 aromatic carbocycles. The molecule has 13 heavy (non-hydrogen) atoms. The van der Waals surface area contributed by atoms with Gasteiger partial charge >= 0.3 is 0 Å². The van der Waals surface area contributed by atoms with Gasteiger partial charge in [0.2, 0.25) is 10.0 Å². The number of rotatable bonds is 3. The van der Waals surface area contributed by atoms with Crippen molar-refractivity contribution in [1.29, 1.82) is 0 Å². The van der Waals surface area contributed by atoms with Crippen molar-refractivity contribution in [2.75, 3.05) is 0 Å². The average molecular weight is 222 g/mol. The summed E-state index contributed by atoms with van der Waals surface area (Å²) in [6, 6.07) is 0. The van der Waals surface area contributed by atoms with Gasteiger partial charge < -0.3 is 0 Å². The van der Waals surface area contributed by atoms with Gasteiger partial charge in [-0.3, -0.25) is 4.68 Å². The quantitative estimate of drug-likeness (QED) is 0.797. The zero-order chi connectivity index (χ0) is 10.1. The molecule has 1 aromatic heterocycles. The van der Waals surface area contributed by atoms with Crippen LogP contribution in [-0.2, 0) is 16.6 Å². The van der Waals surface area contributed by atoms with Crippen LogP contribution in [0.25, 0.3) is 0 Å². The summed E-state index contributed by atoms with van der Waals surface area (Å²) in [4.78, 5) is -0.0367. The van der Waals surface area contributed by atoms with Crippen molar-refractivity contribution in [3.8, 4) is 0 Å². The average Bonchev–Trinajstić information content (AvgIpc) is 2.32. The van der Waals surface area contributed by atoms with Crippen molar-refractivity contribution in [3.05, 3.63) is 24.0 Å². The minimum absolute atomic E-state index is 0.0367. The van der Waals surface area contributed by atoms with E-state index in [1.54, 1.807) is 0 Å². The number of nitrogens with zero attached hydrogens (tertiary/aromatic N) is 2. The maximum absolute atomic E-state index is 10.8. The summed E-state index contributed by atoms with van der Waals surface area (Å²) in [5, 5.41) is 8.96. The molecule has 0 aliphatic heterocycles. The van der Waals surface area contributed by atoms with Crippen molar-refractivity contribution >= 4 is 21.6 Å². The summed E-state index contributed by atoms with van der Waals surface area (Å²) >= 11 is 5.50. The lowest BCUT2D eigenvalue weighted by molar-refractivity contribution is 0.597. The Kier molecular flexibility index (Phi) is 2.74. The molecule has 1 rings (SSSR count). The number of hydrogen-bond acceptors (Lipinski definition) is 3. The molecule has 2 N–H and O–H groups in total. The van der Waals surface area contributed by atoms with Crippen molar-refractivity contribution in [1.82, 2.24) is 9.78 Å². The molecule has 0 saturated carbocycles. The van der Waals surface area contributed by atoms with Gasteiger partial charge in [0.15, 0.2) is 0 Å². The van der Waals surface area contributed by atoms with Gasteiger partial charge in [-0.2, -0.15) is 5.10 Å². The summed E-state index contributed by atoms with van der Waals surface area (Å²) in [5.41, 5.74) is 0. The molecule has 0 radical (unpaired) electrons. The van der Waals surface area contributed by atoms with Crippen LogP contribution >= 0.6 is 11.6 Å². The molecule has 1 aromatic rings. The van der Waals surface area contributed by atoms with Crippen LogP contribution in [0.1, 0.15) is 0 Å². The van der Waals surface area contributed by atoms with Gasteiger partial charge in [0.1, 0.15) is 4.90 Å². The van der Waals surface area contributed by atoms with E-state index in [1.165, 1.54) is 10.9 Å². The normalized spacial score (nSPS) is 11.5. The van der Waals surface area contributed by atoms with Gasteiger partial charge in [-0.1, -0.05) is 18.2 Å². The van der Waals surface area contributed by atoms with Crippen molar-refractivity contribution in [3.63, 3.8) is 0 Å². The van der Waals surface area contributed by atoms with E-state index in [2.05, 4.69) is 11.7 Å². The minimum Gasteiger partial charge on any atom is -0.266 e. The first kappa shape index (κ1) is 10.2. The Balaban J connectivity index is 2.94. The van der Waals surface area contributed by atoms with Gasteiger partial charge in [0.25, 0.3) is 0 Å². The van der Waals surface area contributed by atoms with Gasteiger partial charge in [-0.15, -0.1) is 0 Å². The molecule has 0 amide bonds. The van der Waals surface area contributed by atoms with Crippen molar-refractivity contribution in [2.45, 2.75) is 11.4 Å². The molecule has 0 fully saturated rings. The largest absolute Gasteiger partial charge is 0.266 e. The summed E-state index contributed by atoms with van der Waals surface area (Å²) in [6.07, 6.45) is 2.46. The molecule has 0 atom stereocenters. The van der Waals surface area contributed by atoms with Gasteiger partial charge in [-0.25, -0.2) is 13.6 Å². The molecule has 0 spiro atoms. The molecular weight excluding hydrogens is 214 g/mol. The maximum atomic E-state index is 10.8. The molecule has 5 nitrogen and oxygen atoms in total. The Hall–Kier alpha value is -0.850. The second kappa shape index (κ2) is 3.49. The van der Waals surface area contributed by atoms with Crippen LogP contribution in [0.4, 0.5) is 0 Å². The van der Waals surface area contributed by atoms with E-state index in [0.717, 1.165) is 6.20 Å². The first-order valence-electron chi connectivity index (χ1n) is 3.28.